The van der Waals surface area contributed by atoms with Crippen LogP contribution in [0.2, 0.25) is 0 Å². The zero-order valence-corrected chi connectivity index (χ0v) is 16.9. The largest absolute Gasteiger partial charge is 0.383 e. The molecule has 0 fully saturated rings. The van der Waals surface area contributed by atoms with Crippen LogP contribution in [-0.2, 0) is 32.6 Å². The second-order valence-electron chi connectivity index (χ2n) is 6.04. The fourth-order valence-corrected chi connectivity index (χ4v) is 3.91. The van der Waals surface area contributed by atoms with E-state index >= 15 is 0 Å². The topological polar surface area (TPSA) is 66.9 Å². The average molecular weight is 415 g/mol. The lowest BCUT2D eigenvalue weighted by Gasteiger charge is -2.26. The molecule has 1 aromatic carbocycles. The molecule has 1 aromatic heterocycles. The number of amides is 1. The average Bonchev–Trinajstić information content (AvgIpc) is 3.11. The van der Waals surface area contributed by atoms with Crippen LogP contribution in [0.4, 0.5) is 4.39 Å². The Balaban J connectivity index is 2.17. The first kappa shape index (κ1) is 21.5. The van der Waals surface area contributed by atoms with Crippen LogP contribution in [0.5, 0.6) is 0 Å². The van der Waals surface area contributed by atoms with E-state index in [0.717, 1.165) is 21.0 Å². The summed E-state index contributed by atoms with van der Waals surface area (Å²) in [5, 5.41) is 1.91. The highest BCUT2D eigenvalue weighted by Crippen LogP contribution is 2.16. The van der Waals surface area contributed by atoms with Crippen LogP contribution < -0.4 is 0 Å². The fourth-order valence-electron chi connectivity index (χ4n) is 2.44. The summed E-state index contributed by atoms with van der Waals surface area (Å²) in [6.07, 6.45) is 1.07. The molecule has 0 aliphatic heterocycles. The molecule has 2 aromatic rings. The number of benzene rings is 1. The summed E-state index contributed by atoms with van der Waals surface area (Å²) in [5.41, 5.74) is 0.768. The van der Waals surface area contributed by atoms with Gasteiger partial charge in [0, 0.05) is 25.1 Å². The van der Waals surface area contributed by atoms with Crippen molar-refractivity contribution in [1.82, 2.24) is 9.21 Å². The molecule has 0 bridgehead atoms. The zero-order valence-electron chi connectivity index (χ0n) is 15.3. The lowest BCUT2D eigenvalue weighted by molar-refractivity contribution is -0.132. The molecule has 0 unspecified atom stereocenters. The molecule has 0 saturated carbocycles. The van der Waals surface area contributed by atoms with E-state index in [2.05, 4.69) is 0 Å². The molecule has 1 amide bonds. The first-order valence-electron chi connectivity index (χ1n) is 8.28. The number of halogens is 1. The van der Waals surface area contributed by atoms with Crippen molar-refractivity contribution in [1.29, 1.82) is 0 Å². The van der Waals surface area contributed by atoms with Gasteiger partial charge >= 0.3 is 0 Å². The van der Waals surface area contributed by atoms with E-state index in [1.54, 1.807) is 17.0 Å². The maximum Gasteiger partial charge on any atom is 0.238 e. The number of hydrogen-bond donors (Lipinski definition) is 0. The predicted octanol–water partition coefficient (Wildman–Crippen LogP) is 2.32. The first-order chi connectivity index (χ1) is 12.8. The van der Waals surface area contributed by atoms with Gasteiger partial charge in [0.05, 0.1) is 26.0 Å². The van der Waals surface area contributed by atoms with Crippen molar-refractivity contribution in [2.24, 2.45) is 0 Å². The highest BCUT2D eigenvalue weighted by atomic mass is 32.2. The summed E-state index contributed by atoms with van der Waals surface area (Å²) >= 11 is 1.51. The Kier molecular flexibility index (Phi) is 7.91. The molecule has 0 atom stereocenters. The number of rotatable bonds is 10. The summed E-state index contributed by atoms with van der Waals surface area (Å²) in [6.45, 7) is 0.650. The molecule has 2 rings (SSSR count). The number of sulfonamides is 1. The van der Waals surface area contributed by atoms with Crippen LogP contribution in [0, 0.1) is 5.82 Å². The lowest BCUT2D eigenvalue weighted by Crippen LogP contribution is -2.43. The van der Waals surface area contributed by atoms with Crippen molar-refractivity contribution in [2.45, 2.75) is 13.1 Å². The number of carbonyl (C=O) groups is 1. The van der Waals surface area contributed by atoms with E-state index in [1.807, 2.05) is 17.5 Å². The third kappa shape index (κ3) is 7.02. The number of hydrogen-bond acceptors (Lipinski definition) is 5. The standard InChI is InChI=1S/C18H23FN2O4S2/c1-25-10-9-21(27(2,23)24)14-18(22)20(13-17-4-3-11-26-17)12-15-5-7-16(19)8-6-15/h3-8,11H,9-10,12-14H2,1-2H3. The minimum Gasteiger partial charge on any atom is -0.383 e. The Labute approximate surface area is 163 Å². The molecule has 0 N–H and O–H groups in total. The molecule has 0 saturated heterocycles. The van der Waals surface area contributed by atoms with Crippen LogP contribution in [0.1, 0.15) is 10.4 Å². The minimum absolute atomic E-state index is 0.102. The van der Waals surface area contributed by atoms with Gasteiger partial charge in [-0.05, 0) is 29.1 Å². The van der Waals surface area contributed by atoms with Crippen molar-refractivity contribution >= 4 is 27.3 Å². The van der Waals surface area contributed by atoms with Gasteiger partial charge in [-0.1, -0.05) is 18.2 Å². The predicted molar refractivity (Wildman–Crippen MR) is 103 cm³/mol. The van der Waals surface area contributed by atoms with Crippen LogP contribution in [-0.4, -0.2) is 56.6 Å². The summed E-state index contributed by atoms with van der Waals surface area (Å²) in [7, 11) is -2.08. The fraction of sp³-hybridized carbons (Fsp3) is 0.389. The summed E-state index contributed by atoms with van der Waals surface area (Å²) < 4.78 is 43.1. The normalized spacial score (nSPS) is 11.7. The molecule has 0 aliphatic rings. The maximum absolute atomic E-state index is 13.1. The van der Waals surface area contributed by atoms with Gasteiger partial charge in [-0.3, -0.25) is 4.79 Å². The quantitative estimate of drug-likeness (QED) is 0.598. The van der Waals surface area contributed by atoms with Gasteiger partial charge in [0.15, 0.2) is 0 Å². The van der Waals surface area contributed by atoms with Gasteiger partial charge in [-0.15, -0.1) is 11.3 Å². The Morgan fingerprint density at radius 2 is 1.89 bits per heavy atom. The summed E-state index contributed by atoms with van der Waals surface area (Å²) in [5.74, 6) is -0.674. The Bertz CT molecular complexity index is 824. The number of ether oxygens (including phenoxy) is 1. The van der Waals surface area contributed by atoms with Gasteiger partial charge in [0.25, 0.3) is 0 Å². The van der Waals surface area contributed by atoms with Crippen LogP contribution in [0.15, 0.2) is 41.8 Å². The molecule has 9 heteroatoms. The third-order valence-electron chi connectivity index (χ3n) is 3.89. The van der Waals surface area contributed by atoms with Gasteiger partial charge < -0.3 is 9.64 Å². The molecule has 0 radical (unpaired) electrons. The van der Waals surface area contributed by atoms with Crippen molar-refractivity contribution < 1.29 is 22.3 Å². The minimum atomic E-state index is -3.55. The number of carbonyl (C=O) groups excluding carboxylic acids is 1. The maximum atomic E-state index is 13.1. The van der Waals surface area contributed by atoms with Crippen molar-refractivity contribution in [3.05, 3.63) is 58.0 Å². The second-order valence-corrected chi connectivity index (χ2v) is 9.06. The van der Waals surface area contributed by atoms with Crippen LogP contribution >= 0.6 is 11.3 Å². The Morgan fingerprint density at radius 1 is 1.19 bits per heavy atom. The Hall–Kier alpha value is -1.81. The second kappa shape index (κ2) is 9.93. The molecule has 0 aliphatic carbocycles. The summed E-state index contributed by atoms with van der Waals surface area (Å²) in [4.78, 5) is 15.4. The molecule has 0 spiro atoms. The number of methoxy groups -OCH3 is 1. The van der Waals surface area contributed by atoms with Crippen molar-refractivity contribution in [3.8, 4) is 0 Å². The van der Waals surface area contributed by atoms with E-state index in [1.165, 1.54) is 30.6 Å². The lowest BCUT2D eigenvalue weighted by atomic mass is 10.2. The number of nitrogens with zero attached hydrogens (tertiary/aromatic N) is 2. The third-order valence-corrected chi connectivity index (χ3v) is 6.00. The number of thiophene rings is 1. The van der Waals surface area contributed by atoms with Gasteiger partial charge in [-0.2, -0.15) is 4.31 Å². The van der Waals surface area contributed by atoms with E-state index in [0.29, 0.717) is 6.54 Å². The zero-order chi connectivity index (χ0) is 19.9. The molecule has 148 valence electrons. The molecular formula is C18H23FN2O4S2. The van der Waals surface area contributed by atoms with E-state index in [-0.39, 0.29) is 38.0 Å². The van der Waals surface area contributed by atoms with Crippen molar-refractivity contribution in [3.63, 3.8) is 0 Å². The van der Waals surface area contributed by atoms with E-state index in [4.69, 9.17) is 4.74 Å². The highest BCUT2D eigenvalue weighted by Gasteiger charge is 2.24. The molecule has 6 nitrogen and oxygen atoms in total. The SMILES string of the molecule is COCCN(CC(=O)N(Cc1ccc(F)cc1)Cc1cccs1)S(C)(=O)=O. The summed E-state index contributed by atoms with van der Waals surface area (Å²) in [6, 6.07) is 9.71. The van der Waals surface area contributed by atoms with E-state index in [9.17, 15) is 17.6 Å². The van der Waals surface area contributed by atoms with Crippen molar-refractivity contribution in [2.75, 3.05) is 33.1 Å². The van der Waals surface area contributed by atoms with Gasteiger partial charge in [0.1, 0.15) is 5.82 Å². The van der Waals surface area contributed by atoms with Crippen LogP contribution in [0.25, 0.3) is 0 Å². The van der Waals surface area contributed by atoms with Gasteiger partial charge in [-0.25, -0.2) is 12.8 Å². The smallest absolute Gasteiger partial charge is 0.238 e. The first-order valence-corrected chi connectivity index (χ1v) is 11.0. The van der Waals surface area contributed by atoms with E-state index < -0.39 is 10.0 Å². The van der Waals surface area contributed by atoms with Crippen LogP contribution in [0.3, 0.4) is 0 Å². The Morgan fingerprint density at radius 3 is 2.44 bits per heavy atom. The molecular weight excluding hydrogens is 391 g/mol. The highest BCUT2D eigenvalue weighted by molar-refractivity contribution is 7.88. The molecule has 1 heterocycles. The van der Waals surface area contributed by atoms with Gasteiger partial charge in [0.2, 0.25) is 15.9 Å². The monoisotopic (exact) mass is 414 g/mol. The molecule has 27 heavy (non-hydrogen) atoms.